The second-order valence-electron chi connectivity index (χ2n) is 6.12. The fourth-order valence-electron chi connectivity index (χ4n) is 3.57. The largest absolute Gasteiger partial charge is 0.502 e. The van der Waals surface area contributed by atoms with Crippen LogP contribution in [-0.2, 0) is 6.42 Å². The summed E-state index contributed by atoms with van der Waals surface area (Å²) in [6, 6.07) is 9.53. The summed E-state index contributed by atoms with van der Waals surface area (Å²) in [6.07, 6.45) is 0.929. The molecule has 1 aliphatic rings. The van der Waals surface area contributed by atoms with Crippen LogP contribution >= 0.6 is 11.6 Å². The second-order valence-corrected chi connectivity index (χ2v) is 6.55. The molecule has 2 aromatic carbocycles. The summed E-state index contributed by atoms with van der Waals surface area (Å²) in [6.45, 7) is 0.850. The molecule has 0 radical (unpaired) electrons. The molecule has 25 heavy (non-hydrogen) atoms. The van der Waals surface area contributed by atoms with E-state index < -0.39 is 0 Å². The first kappa shape index (κ1) is 16.1. The first-order valence-electron chi connectivity index (χ1n) is 8.10. The number of nitrogens with one attached hydrogen (secondary N) is 2. The number of H-pyrrole nitrogens is 1. The molecule has 4 rings (SSSR count). The zero-order valence-electron chi connectivity index (χ0n) is 14.0. The average molecular weight is 359 g/mol. The fraction of sp³-hybridized carbons (Fsp3) is 0.263. The molecule has 0 bridgehead atoms. The van der Waals surface area contributed by atoms with Gasteiger partial charge in [-0.1, -0.05) is 11.6 Å². The van der Waals surface area contributed by atoms with Crippen molar-refractivity contribution in [3.63, 3.8) is 0 Å². The van der Waals surface area contributed by atoms with Gasteiger partial charge in [0.1, 0.15) is 0 Å². The van der Waals surface area contributed by atoms with Crippen molar-refractivity contribution in [1.29, 1.82) is 0 Å². The molecule has 130 valence electrons. The standard InChI is InChI=1S/C19H19ClN2O3/c1-24-15-7-10(8-16(25-2)19(15)23)17-18-12(5-6-21-17)13-9-11(20)3-4-14(13)22-18/h3-4,7-9,17,21-23H,5-6H2,1-2H3. The lowest BCUT2D eigenvalue weighted by Gasteiger charge is -2.25. The number of aromatic nitrogens is 1. The minimum absolute atomic E-state index is 0.00760. The number of rotatable bonds is 3. The highest BCUT2D eigenvalue weighted by molar-refractivity contribution is 6.31. The average Bonchev–Trinajstić information content (AvgIpc) is 3.00. The van der Waals surface area contributed by atoms with Crippen molar-refractivity contribution in [3.8, 4) is 17.2 Å². The lowest BCUT2D eigenvalue weighted by Crippen LogP contribution is -2.30. The smallest absolute Gasteiger partial charge is 0.200 e. The molecule has 2 heterocycles. The van der Waals surface area contributed by atoms with Crippen LogP contribution in [-0.4, -0.2) is 30.9 Å². The first-order chi connectivity index (χ1) is 12.1. The van der Waals surface area contributed by atoms with Crippen molar-refractivity contribution in [2.45, 2.75) is 12.5 Å². The summed E-state index contributed by atoms with van der Waals surface area (Å²) in [5.41, 5.74) is 4.41. The van der Waals surface area contributed by atoms with Gasteiger partial charge >= 0.3 is 0 Å². The van der Waals surface area contributed by atoms with E-state index in [1.54, 1.807) is 0 Å². The third-order valence-electron chi connectivity index (χ3n) is 4.75. The highest BCUT2D eigenvalue weighted by Gasteiger charge is 2.27. The molecule has 1 atom stereocenters. The van der Waals surface area contributed by atoms with Gasteiger partial charge in [0.25, 0.3) is 0 Å². The Kier molecular flexibility index (Phi) is 3.98. The van der Waals surface area contributed by atoms with Gasteiger partial charge in [0.05, 0.1) is 20.3 Å². The van der Waals surface area contributed by atoms with Crippen LogP contribution in [0.2, 0.25) is 5.02 Å². The van der Waals surface area contributed by atoms with Gasteiger partial charge in [0.15, 0.2) is 11.5 Å². The van der Waals surface area contributed by atoms with Crippen molar-refractivity contribution < 1.29 is 14.6 Å². The van der Waals surface area contributed by atoms with Crippen LogP contribution in [0.25, 0.3) is 10.9 Å². The van der Waals surface area contributed by atoms with Gasteiger partial charge in [-0.2, -0.15) is 0 Å². The highest BCUT2D eigenvalue weighted by Crippen LogP contribution is 2.41. The molecule has 0 spiro atoms. The van der Waals surface area contributed by atoms with Gasteiger partial charge in [-0.15, -0.1) is 0 Å². The number of aromatic amines is 1. The molecule has 0 amide bonds. The number of halogens is 1. The van der Waals surface area contributed by atoms with Gasteiger partial charge in [-0.25, -0.2) is 0 Å². The molecule has 5 nitrogen and oxygen atoms in total. The van der Waals surface area contributed by atoms with Crippen LogP contribution < -0.4 is 14.8 Å². The number of hydrogen-bond donors (Lipinski definition) is 3. The van der Waals surface area contributed by atoms with Crippen molar-refractivity contribution in [2.75, 3.05) is 20.8 Å². The number of phenolic OH excluding ortho intramolecular Hbond substituents is 1. The number of phenols is 1. The van der Waals surface area contributed by atoms with E-state index in [1.807, 2.05) is 30.3 Å². The van der Waals surface area contributed by atoms with E-state index in [0.717, 1.165) is 40.1 Å². The van der Waals surface area contributed by atoms with Gasteiger partial charge < -0.3 is 24.9 Å². The van der Waals surface area contributed by atoms with Crippen molar-refractivity contribution in [3.05, 3.63) is 52.2 Å². The molecule has 1 aliphatic heterocycles. The maximum absolute atomic E-state index is 10.2. The van der Waals surface area contributed by atoms with Crippen LogP contribution in [0.1, 0.15) is 22.9 Å². The monoisotopic (exact) mass is 358 g/mol. The Hall–Kier alpha value is -2.37. The number of hydrogen-bond acceptors (Lipinski definition) is 4. The van der Waals surface area contributed by atoms with Crippen LogP contribution in [0.3, 0.4) is 0 Å². The first-order valence-corrected chi connectivity index (χ1v) is 8.48. The highest BCUT2D eigenvalue weighted by atomic mass is 35.5. The molecule has 0 saturated heterocycles. The molecule has 0 fully saturated rings. The Balaban J connectivity index is 1.88. The third-order valence-corrected chi connectivity index (χ3v) is 4.98. The Morgan fingerprint density at radius 2 is 1.84 bits per heavy atom. The number of methoxy groups -OCH3 is 2. The maximum Gasteiger partial charge on any atom is 0.200 e. The summed E-state index contributed by atoms with van der Waals surface area (Å²) < 4.78 is 10.6. The van der Waals surface area contributed by atoms with Gasteiger partial charge in [-0.05, 0) is 47.9 Å². The molecular weight excluding hydrogens is 340 g/mol. The van der Waals surface area contributed by atoms with Crippen LogP contribution in [0.5, 0.6) is 17.2 Å². The predicted molar refractivity (Wildman–Crippen MR) is 98.1 cm³/mol. The molecule has 6 heteroatoms. The quantitative estimate of drug-likeness (QED) is 0.666. The number of fused-ring (bicyclic) bond motifs is 3. The molecule has 0 saturated carbocycles. The molecule has 1 aromatic heterocycles. The molecule has 0 aliphatic carbocycles. The topological polar surface area (TPSA) is 66.5 Å². The number of benzene rings is 2. The Labute approximate surface area is 150 Å². The third kappa shape index (κ3) is 2.60. The minimum atomic E-state index is -0.0432. The maximum atomic E-state index is 10.2. The van der Waals surface area contributed by atoms with E-state index in [0.29, 0.717) is 11.5 Å². The van der Waals surface area contributed by atoms with E-state index in [-0.39, 0.29) is 11.8 Å². The Bertz CT molecular complexity index is 926. The van der Waals surface area contributed by atoms with Gasteiger partial charge in [-0.3, -0.25) is 0 Å². The van der Waals surface area contributed by atoms with Crippen molar-refractivity contribution >= 4 is 22.5 Å². The van der Waals surface area contributed by atoms with Crippen molar-refractivity contribution in [1.82, 2.24) is 10.3 Å². The second kappa shape index (κ2) is 6.17. The Morgan fingerprint density at radius 1 is 1.12 bits per heavy atom. The number of aromatic hydroxyl groups is 1. The lowest BCUT2D eigenvalue weighted by atomic mass is 9.94. The van der Waals surface area contributed by atoms with Crippen molar-refractivity contribution in [2.24, 2.45) is 0 Å². The van der Waals surface area contributed by atoms with Crippen LogP contribution in [0, 0.1) is 0 Å². The van der Waals surface area contributed by atoms with Crippen LogP contribution in [0.15, 0.2) is 30.3 Å². The Morgan fingerprint density at radius 3 is 2.52 bits per heavy atom. The van der Waals surface area contributed by atoms with E-state index in [4.69, 9.17) is 21.1 Å². The summed E-state index contributed by atoms with van der Waals surface area (Å²) in [4.78, 5) is 3.52. The molecule has 3 aromatic rings. The predicted octanol–water partition coefficient (Wildman–Crippen LogP) is 3.78. The summed E-state index contributed by atoms with van der Waals surface area (Å²) in [7, 11) is 3.06. The lowest BCUT2D eigenvalue weighted by molar-refractivity contribution is 0.338. The van der Waals surface area contributed by atoms with Gasteiger partial charge in [0.2, 0.25) is 5.75 Å². The van der Waals surface area contributed by atoms with E-state index in [1.165, 1.54) is 19.8 Å². The SMILES string of the molecule is COc1cc(C2NCCc3c2[nH]c2ccc(Cl)cc32)cc(OC)c1O. The fourth-order valence-corrected chi connectivity index (χ4v) is 3.74. The molecule has 3 N–H and O–H groups in total. The number of ether oxygens (including phenoxy) is 2. The summed E-state index contributed by atoms with van der Waals surface area (Å²) in [5.74, 6) is 0.790. The van der Waals surface area contributed by atoms with E-state index >= 15 is 0 Å². The minimum Gasteiger partial charge on any atom is -0.502 e. The molecule has 1 unspecified atom stereocenters. The summed E-state index contributed by atoms with van der Waals surface area (Å²) >= 11 is 6.18. The normalized spacial score (nSPS) is 16.7. The van der Waals surface area contributed by atoms with Crippen LogP contribution in [0.4, 0.5) is 0 Å². The van der Waals surface area contributed by atoms with Gasteiger partial charge in [0, 0.05) is 28.2 Å². The van der Waals surface area contributed by atoms with E-state index in [9.17, 15) is 5.11 Å². The van der Waals surface area contributed by atoms with E-state index in [2.05, 4.69) is 10.3 Å². The zero-order valence-corrected chi connectivity index (χ0v) is 14.8. The summed E-state index contributed by atoms with van der Waals surface area (Å²) in [5, 5.41) is 15.6. The zero-order chi connectivity index (χ0) is 17.6. The molecular formula is C19H19ClN2O3.